The maximum absolute atomic E-state index is 13.3. The third kappa shape index (κ3) is 5.28. The number of aryl methyl sites for hydroxylation is 1. The number of furan rings is 1. The molecule has 1 fully saturated rings. The Balaban J connectivity index is 1.21. The molecule has 0 bridgehead atoms. The molecule has 0 atom stereocenters. The summed E-state index contributed by atoms with van der Waals surface area (Å²) in [6, 6.07) is 13.7. The van der Waals surface area contributed by atoms with Crippen LogP contribution in [0.3, 0.4) is 0 Å². The van der Waals surface area contributed by atoms with Crippen molar-refractivity contribution in [2.24, 2.45) is 7.05 Å². The molecule has 1 amide bonds. The van der Waals surface area contributed by atoms with Crippen LogP contribution in [0.2, 0.25) is 0 Å². The number of nitrogens with zero attached hydrogens (tertiary/aromatic N) is 3. The summed E-state index contributed by atoms with van der Waals surface area (Å²) in [4.78, 5) is 14.9. The van der Waals surface area contributed by atoms with Crippen molar-refractivity contribution in [1.82, 2.24) is 20.0 Å². The van der Waals surface area contributed by atoms with Crippen molar-refractivity contribution in [3.05, 3.63) is 89.2 Å². The van der Waals surface area contributed by atoms with Crippen LogP contribution in [-0.4, -0.2) is 45.3 Å². The maximum Gasteiger partial charge on any atom is 0.287 e. The second-order valence-corrected chi connectivity index (χ2v) is 9.33. The number of halogens is 1. The van der Waals surface area contributed by atoms with Gasteiger partial charge in [0.05, 0.1) is 11.8 Å². The van der Waals surface area contributed by atoms with Crippen LogP contribution in [0.5, 0.6) is 0 Å². The number of likely N-dealkylation sites (tertiary alicyclic amines) is 1. The van der Waals surface area contributed by atoms with Gasteiger partial charge >= 0.3 is 0 Å². The molecular weight excluding hydrogens is 447 g/mol. The fourth-order valence-electron chi connectivity index (χ4n) is 4.73. The molecule has 182 valence electrons. The van der Waals surface area contributed by atoms with Crippen LogP contribution >= 0.6 is 0 Å². The molecule has 2 N–H and O–H groups in total. The van der Waals surface area contributed by atoms with E-state index < -0.39 is 5.60 Å². The van der Waals surface area contributed by atoms with Crippen LogP contribution in [0.4, 0.5) is 4.39 Å². The largest absolute Gasteiger partial charge is 0.451 e. The minimum Gasteiger partial charge on any atom is -0.451 e. The van der Waals surface area contributed by atoms with E-state index in [9.17, 15) is 14.3 Å². The van der Waals surface area contributed by atoms with Crippen molar-refractivity contribution in [3.63, 3.8) is 0 Å². The quantitative estimate of drug-likeness (QED) is 0.424. The van der Waals surface area contributed by atoms with Gasteiger partial charge in [0.25, 0.3) is 5.91 Å². The van der Waals surface area contributed by atoms with Gasteiger partial charge in [0.15, 0.2) is 5.76 Å². The molecule has 8 heteroatoms. The van der Waals surface area contributed by atoms with Gasteiger partial charge in [0.2, 0.25) is 0 Å². The minimum absolute atomic E-state index is 0.217. The van der Waals surface area contributed by atoms with E-state index in [0.29, 0.717) is 31.4 Å². The van der Waals surface area contributed by atoms with Crippen LogP contribution in [0.25, 0.3) is 11.0 Å². The number of hydrogen-bond donors (Lipinski definition) is 2. The van der Waals surface area contributed by atoms with Gasteiger partial charge < -0.3 is 14.8 Å². The Morgan fingerprint density at radius 3 is 2.74 bits per heavy atom. The summed E-state index contributed by atoms with van der Waals surface area (Å²) in [6.07, 6.45) is 5.68. The lowest BCUT2D eigenvalue weighted by Gasteiger charge is -2.38. The van der Waals surface area contributed by atoms with E-state index in [4.69, 9.17) is 4.42 Å². The highest BCUT2D eigenvalue weighted by molar-refractivity contribution is 5.96. The Bertz CT molecular complexity index is 1340. The average Bonchev–Trinajstić information content (AvgIpc) is 3.46. The Kier molecular flexibility index (Phi) is 6.40. The number of carbonyl (C=O) groups excluding carboxylic acids is 1. The molecule has 2 aromatic heterocycles. The van der Waals surface area contributed by atoms with E-state index in [0.717, 1.165) is 36.1 Å². The third-order valence-electron chi connectivity index (χ3n) is 6.71. The van der Waals surface area contributed by atoms with E-state index in [1.165, 1.54) is 17.7 Å². The summed E-state index contributed by atoms with van der Waals surface area (Å²) in [6.45, 7) is 2.77. The van der Waals surface area contributed by atoms with Crippen LogP contribution in [0, 0.1) is 5.82 Å². The van der Waals surface area contributed by atoms with E-state index in [1.807, 2.05) is 43.7 Å². The van der Waals surface area contributed by atoms with Crippen LogP contribution in [0.1, 0.15) is 40.1 Å². The topological polar surface area (TPSA) is 83.5 Å². The van der Waals surface area contributed by atoms with Gasteiger partial charge in [0, 0.05) is 50.4 Å². The number of carbonyl (C=O) groups is 1. The standard InChI is InChI=1S/C27H29FN4O3/c1-31-17-20(16-30-31)18-32-11-8-27(34,9-12-32)22-5-6-24-21(14-22)15-25(35-24)26(33)29-10-7-19-3-2-4-23(28)13-19/h2-6,13-17,34H,7-12,18H2,1H3,(H,29,33). The van der Waals surface area contributed by atoms with Crippen LogP contribution < -0.4 is 5.32 Å². The molecular formula is C27H29FN4O3. The van der Waals surface area contributed by atoms with Crippen molar-refractivity contribution in [2.45, 2.75) is 31.4 Å². The normalized spacial score (nSPS) is 16.0. The summed E-state index contributed by atoms with van der Waals surface area (Å²) in [5, 5.41) is 19.2. The van der Waals surface area contributed by atoms with Gasteiger partial charge in [-0.05, 0) is 60.7 Å². The minimum atomic E-state index is -0.912. The summed E-state index contributed by atoms with van der Waals surface area (Å²) in [7, 11) is 1.91. The Morgan fingerprint density at radius 2 is 2.00 bits per heavy atom. The maximum atomic E-state index is 13.3. The van der Waals surface area contributed by atoms with E-state index in [1.54, 1.807) is 16.8 Å². The van der Waals surface area contributed by atoms with Gasteiger partial charge in [-0.25, -0.2) is 4.39 Å². The SMILES string of the molecule is Cn1cc(CN2CCC(O)(c3ccc4oc(C(=O)NCCc5cccc(F)c5)cc4c3)CC2)cn1. The number of piperidine rings is 1. The van der Waals surface area contributed by atoms with Gasteiger partial charge in [-0.15, -0.1) is 0 Å². The first kappa shape index (κ1) is 23.3. The van der Waals surface area contributed by atoms with Crippen molar-refractivity contribution >= 4 is 16.9 Å². The Labute approximate surface area is 203 Å². The van der Waals surface area contributed by atoms with Gasteiger partial charge in [-0.1, -0.05) is 18.2 Å². The lowest BCUT2D eigenvalue weighted by molar-refractivity contribution is -0.0276. The summed E-state index contributed by atoms with van der Waals surface area (Å²) in [5.74, 6) is -0.390. The zero-order chi connectivity index (χ0) is 24.4. The fourth-order valence-corrected chi connectivity index (χ4v) is 4.73. The first-order valence-electron chi connectivity index (χ1n) is 11.9. The predicted octanol–water partition coefficient (Wildman–Crippen LogP) is 3.76. The highest BCUT2D eigenvalue weighted by Gasteiger charge is 2.34. The lowest BCUT2D eigenvalue weighted by Crippen LogP contribution is -2.42. The molecule has 35 heavy (non-hydrogen) atoms. The zero-order valence-electron chi connectivity index (χ0n) is 19.7. The highest BCUT2D eigenvalue weighted by atomic mass is 19.1. The summed E-state index contributed by atoms with van der Waals surface area (Å²) < 4.78 is 20.9. The molecule has 3 heterocycles. The Hall–Kier alpha value is -3.49. The molecule has 0 unspecified atom stereocenters. The van der Waals surface area contributed by atoms with Crippen molar-refractivity contribution in [2.75, 3.05) is 19.6 Å². The number of amides is 1. The number of nitrogens with one attached hydrogen (secondary N) is 1. The van der Waals surface area contributed by atoms with Gasteiger partial charge in [-0.3, -0.25) is 14.4 Å². The fraction of sp³-hybridized carbons (Fsp3) is 0.333. The van der Waals surface area contributed by atoms with Crippen molar-refractivity contribution in [3.8, 4) is 0 Å². The molecule has 7 nitrogen and oxygen atoms in total. The van der Waals surface area contributed by atoms with E-state index in [-0.39, 0.29) is 17.5 Å². The second kappa shape index (κ2) is 9.64. The second-order valence-electron chi connectivity index (χ2n) is 9.33. The van der Waals surface area contributed by atoms with Crippen molar-refractivity contribution in [1.29, 1.82) is 0 Å². The molecule has 4 aromatic rings. The van der Waals surface area contributed by atoms with Crippen molar-refractivity contribution < 1.29 is 18.7 Å². The smallest absolute Gasteiger partial charge is 0.287 e. The highest BCUT2D eigenvalue weighted by Crippen LogP contribution is 2.35. The molecule has 1 aliphatic heterocycles. The number of benzene rings is 2. The number of rotatable bonds is 7. The number of aliphatic hydroxyl groups is 1. The Morgan fingerprint density at radius 1 is 1.17 bits per heavy atom. The first-order chi connectivity index (χ1) is 16.9. The molecule has 0 radical (unpaired) electrons. The molecule has 1 saturated heterocycles. The predicted molar refractivity (Wildman–Crippen MR) is 130 cm³/mol. The number of fused-ring (bicyclic) bond motifs is 1. The van der Waals surface area contributed by atoms with Crippen LogP contribution in [0.15, 0.2) is 65.3 Å². The number of hydrogen-bond acceptors (Lipinski definition) is 5. The summed E-state index contributed by atoms with van der Waals surface area (Å²) in [5.41, 5.74) is 2.51. The van der Waals surface area contributed by atoms with Crippen LogP contribution in [-0.2, 0) is 25.6 Å². The van der Waals surface area contributed by atoms with Gasteiger partial charge in [0.1, 0.15) is 11.4 Å². The summed E-state index contributed by atoms with van der Waals surface area (Å²) >= 11 is 0. The van der Waals surface area contributed by atoms with E-state index >= 15 is 0 Å². The zero-order valence-corrected chi connectivity index (χ0v) is 19.7. The van der Waals surface area contributed by atoms with E-state index in [2.05, 4.69) is 15.3 Å². The molecule has 1 aliphatic rings. The van der Waals surface area contributed by atoms with Gasteiger partial charge in [-0.2, -0.15) is 5.10 Å². The lowest BCUT2D eigenvalue weighted by atomic mass is 9.84. The molecule has 0 spiro atoms. The number of aromatic nitrogens is 2. The average molecular weight is 477 g/mol. The molecule has 0 aliphatic carbocycles. The monoisotopic (exact) mass is 476 g/mol. The molecule has 5 rings (SSSR count). The first-order valence-corrected chi connectivity index (χ1v) is 11.9. The molecule has 0 saturated carbocycles. The molecule has 2 aromatic carbocycles. The third-order valence-corrected chi connectivity index (χ3v) is 6.71.